The maximum atomic E-state index is 11.1. The Morgan fingerprint density at radius 2 is 1.86 bits per heavy atom. The van der Waals surface area contributed by atoms with Crippen LogP contribution < -0.4 is 10.6 Å². The summed E-state index contributed by atoms with van der Waals surface area (Å²) in [4.78, 5) is 11.1. The van der Waals surface area contributed by atoms with Crippen molar-refractivity contribution in [2.75, 3.05) is 10.6 Å². The Morgan fingerprint density at radius 1 is 1.10 bits per heavy atom. The molecular weight excluding hydrogens is 260 g/mol. The van der Waals surface area contributed by atoms with E-state index in [2.05, 4.69) is 55.7 Å². The molecule has 3 nitrogen and oxygen atoms in total. The van der Waals surface area contributed by atoms with Gasteiger partial charge in [0.2, 0.25) is 5.91 Å². The number of hydrogen-bond donors (Lipinski definition) is 2. The van der Waals surface area contributed by atoms with Gasteiger partial charge in [-0.3, -0.25) is 4.79 Å². The van der Waals surface area contributed by atoms with Gasteiger partial charge in [0.25, 0.3) is 0 Å². The summed E-state index contributed by atoms with van der Waals surface area (Å²) < 4.78 is 0. The van der Waals surface area contributed by atoms with Crippen LogP contribution in [-0.2, 0) is 4.79 Å². The van der Waals surface area contributed by atoms with Crippen molar-refractivity contribution >= 4 is 17.3 Å². The highest BCUT2D eigenvalue weighted by Gasteiger charge is 2.08. The molecule has 0 aliphatic carbocycles. The smallest absolute Gasteiger partial charge is 0.221 e. The van der Waals surface area contributed by atoms with E-state index in [9.17, 15) is 4.79 Å². The molecule has 1 atom stereocenters. The van der Waals surface area contributed by atoms with Crippen LogP contribution in [0.5, 0.6) is 0 Å². The second kappa shape index (κ2) is 6.44. The van der Waals surface area contributed by atoms with E-state index in [0.717, 1.165) is 16.9 Å². The van der Waals surface area contributed by atoms with E-state index in [1.165, 1.54) is 18.1 Å². The average molecular weight is 282 g/mol. The topological polar surface area (TPSA) is 41.1 Å². The number of carbonyl (C=O) groups is 1. The molecule has 0 fully saturated rings. The Bertz CT molecular complexity index is 649. The summed E-state index contributed by atoms with van der Waals surface area (Å²) in [6.07, 6.45) is 0. The van der Waals surface area contributed by atoms with Gasteiger partial charge in [-0.2, -0.15) is 0 Å². The fraction of sp³-hybridized carbons (Fsp3) is 0.278. The molecule has 2 aromatic rings. The number of aryl methyl sites for hydroxylation is 2. The number of nitrogens with one attached hydrogen (secondary N) is 2. The lowest BCUT2D eigenvalue weighted by molar-refractivity contribution is -0.114. The van der Waals surface area contributed by atoms with Gasteiger partial charge in [0.15, 0.2) is 0 Å². The molecule has 0 heterocycles. The largest absolute Gasteiger partial charge is 0.378 e. The number of rotatable bonds is 4. The lowest BCUT2D eigenvalue weighted by Crippen LogP contribution is -2.10. The molecule has 0 saturated heterocycles. The van der Waals surface area contributed by atoms with Gasteiger partial charge in [-0.15, -0.1) is 0 Å². The number of carbonyl (C=O) groups excluding carboxylic acids is 1. The first-order valence-electron chi connectivity index (χ1n) is 7.17. The van der Waals surface area contributed by atoms with E-state index >= 15 is 0 Å². The van der Waals surface area contributed by atoms with Crippen molar-refractivity contribution in [3.63, 3.8) is 0 Å². The molecule has 0 aromatic heterocycles. The highest BCUT2D eigenvalue weighted by molar-refractivity contribution is 5.88. The number of hydrogen-bond acceptors (Lipinski definition) is 2. The molecule has 0 aliphatic heterocycles. The molecule has 1 unspecified atom stereocenters. The molecule has 0 saturated carbocycles. The van der Waals surface area contributed by atoms with Gasteiger partial charge in [-0.25, -0.2) is 0 Å². The van der Waals surface area contributed by atoms with Crippen molar-refractivity contribution in [3.05, 3.63) is 59.2 Å². The number of anilines is 2. The minimum atomic E-state index is -0.0536. The molecule has 2 N–H and O–H groups in total. The van der Waals surface area contributed by atoms with Gasteiger partial charge in [0.1, 0.15) is 0 Å². The third-order valence-corrected chi connectivity index (χ3v) is 3.46. The third-order valence-electron chi connectivity index (χ3n) is 3.46. The van der Waals surface area contributed by atoms with E-state index in [-0.39, 0.29) is 11.9 Å². The Morgan fingerprint density at radius 3 is 2.52 bits per heavy atom. The Kier molecular flexibility index (Phi) is 4.63. The van der Waals surface area contributed by atoms with Crippen molar-refractivity contribution in [2.24, 2.45) is 0 Å². The zero-order valence-corrected chi connectivity index (χ0v) is 13.0. The van der Waals surface area contributed by atoms with E-state index in [0.29, 0.717) is 0 Å². The first-order valence-corrected chi connectivity index (χ1v) is 7.17. The molecule has 3 heteroatoms. The van der Waals surface area contributed by atoms with Crippen LogP contribution in [0.1, 0.15) is 36.6 Å². The minimum Gasteiger partial charge on any atom is -0.378 e. The molecule has 0 radical (unpaired) electrons. The van der Waals surface area contributed by atoms with Gasteiger partial charge in [-0.05, 0) is 50.1 Å². The lowest BCUT2D eigenvalue weighted by Gasteiger charge is -2.18. The fourth-order valence-electron chi connectivity index (χ4n) is 2.38. The van der Waals surface area contributed by atoms with E-state index in [1.807, 2.05) is 18.2 Å². The molecule has 0 aliphatic rings. The zero-order chi connectivity index (χ0) is 15.4. The van der Waals surface area contributed by atoms with Crippen LogP contribution in [0.3, 0.4) is 0 Å². The molecule has 1 amide bonds. The minimum absolute atomic E-state index is 0.0536. The van der Waals surface area contributed by atoms with Crippen LogP contribution in [0.2, 0.25) is 0 Å². The summed E-state index contributed by atoms with van der Waals surface area (Å²) in [5, 5.41) is 6.34. The first-order chi connectivity index (χ1) is 9.95. The van der Waals surface area contributed by atoms with Crippen molar-refractivity contribution < 1.29 is 4.79 Å². The average Bonchev–Trinajstić information content (AvgIpc) is 2.41. The normalized spacial score (nSPS) is 11.8. The van der Waals surface area contributed by atoms with E-state index in [1.54, 1.807) is 0 Å². The summed E-state index contributed by atoms with van der Waals surface area (Å²) in [6.45, 7) is 7.84. The standard InChI is InChI=1S/C18H22N2O/c1-12-8-9-18(13(2)10-12)19-14(3)16-6-5-7-17(11-16)20-15(4)21/h5-11,14,19H,1-4H3,(H,20,21). The predicted molar refractivity (Wildman–Crippen MR) is 88.7 cm³/mol. The van der Waals surface area contributed by atoms with Crippen LogP contribution in [0.25, 0.3) is 0 Å². The highest BCUT2D eigenvalue weighted by Crippen LogP contribution is 2.24. The Balaban J connectivity index is 2.16. The van der Waals surface area contributed by atoms with Crippen molar-refractivity contribution in [1.29, 1.82) is 0 Å². The van der Waals surface area contributed by atoms with Crippen molar-refractivity contribution in [1.82, 2.24) is 0 Å². The Hall–Kier alpha value is -2.29. The van der Waals surface area contributed by atoms with Crippen LogP contribution in [0.4, 0.5) is 11.4 Å². The van der Waals surface area contributed by atoms with Gasteiger partial charge in [0, 0.05) is 24.3 Å². The van der Waals surface area contributed by atoms with Gasteiger partial charge in [0.05, 0.1) is 0 Å². The highest BCUT2D eigenvalue weighted by atomic mass is 16.1. The summed E-state index contributed by atoms with van der Waals surface area (Å²) in [5.74, 6) is -0.0536. The predicted octanol–water partition coefficient (Wildman–Crippen LogP) is 4.43. The first kappa shape index (κ1) is 15.1. The monoisotopic (exact) mass is 282 g/mol. The number of amides is 1. The second-order valence-corrected chi connectivity index (χ2v) is 5.49. The van der Waals surface area contributed by atoms with Crippen LogP contribution in [0.15, 0.2) is 42.5 Å². The SMILES string of the molecule is CC(=O)Nc1cccc(C(C)Nc2ccc(C)cc2C)c1. The van der Waals surface area contributed by atoms with Crippen molar-refractivity contribution in [2.45, 2.75) is 33.7 Å². The summed E-state index contributed by atoms with van der Waals surface area (Å²) >= 11 is 0. The molecule has 21 heavy (non-hydrogen) atoms. The summed E-state index contributed by atoms with van der Waals surface area (Å²) in [5.41, 5.74) is 5.60. The molecular formula is C18H22N2O. The van der Waals surface area contributed by atoms with Crippen LogP contribution >= 0.6 is 0 Å². The maximum absolute atomic E-state index is 11.1. The molecule has 0 spiro atoms. The Labute approximate surface area is 126 Å². The lowest BCUT2D eigenvalue weighted by atomic mass is 10.1. The van der Waals surface area contributed by atoms with E-state index < -0.39 is 0 Å². The molecule has 0 bridgehead atoms. The number of benzene rings is 2. The fourth-order valence-corrected chi connectivity index (χ4v) is 2.38. The van der Waals surface area contributed by atoms with Gasteiger partial charge >= 0.3 is 0 Å². The van der Waals surface area contributed by atoms with E-state index in [4.69, 9.17) is 0 Å². The van der Waals surface area contributed by atoms with Crippen LogP contribution in [-0.4, -0.2) is 5.91 Å². The second-order valence-electron chi connectivity index (χ2n) is 5.49. The molecule has 110 valence electrons. The zero-order valence-electron chi connectivity index (χ0n) is 13.0. The maximum Gasteiger partial charge on any atom is 0.221 e. The summed E-state index contributed by atoms with van der Waals surface area (Å²) in [6, 6.07) is 14.5. The third kappa shape index (κ3) is 4.09. The molecule has 2 rings (SSSR count). The quantitative estimate of drug-likeness (QED) is 0.870. The van der Waals surface area contributed by atoms with Gasteiger partial charge < -0.3 is 10.6 Å². The van der Waals surface area contributed by atoms with Crippen LogP contribution in [0, 0.1) is 13.8 Å². The molecule has 2 aromatic carbocycles. The van der Waals surface area contributed by atoms with Gasteiger partial charge in [-0.1, -0.05) is 29.8 Å². The van der Waals surface area contributed by atoms with Crippen molar-refractivity contribution in [3.8, 4) is 0 Å². The summed E-state index contributed by atoms with van der Waals surface area (Å²) in [7, 11) is 0.